The minimum Gasteiger partial charge on any atom is -0.545 e. The standard InChI is InChI=1S/C8H8.C7H12O2.C3H4O2/c1-2-8-6-4-3-5-7-8;1-3-4-5-6(2)7(8)9;1-2-3(4)5/h2-7H,1H2;2-5H2,1H3,(H,8,9);2H,1H2,(H,4,5)/p-1. The molecule has 0 bridgehead atoms. The van der Waals surface area contributed by atoms with Crippen LogP contribution in [0.4, 0.5) is 0 Å². The molecule has 120 valence electrons. The van der Waals surface area contributed by atoms with Gasteiger partial charge in [0.15, 0.2) is 0 Å². The van der Waals surface area contributed by atoms with E-state index in [2.05, 4.69) is 19.7 Å². The molecule has 4 nitrogen and oxygen atoms in total. The number of aliphatic carboxylic acids is 2. The van der Waals surface area contributed by atoms with Gasteiger partial charge in [0.1, 0.15) is 0 Å². The molecule has 1 rings (SSSR count). The fraction of sp³-hybridized carbons (Fsp3) is 0.222. The lowest BCUT2D eigenvalue weighted by Crippen LogP contribution is -2.23. The predicted molar refractivity (Wildman–Crippen MR) is 88.0 cm³/mol. The van der Waals surface area contributed by atoms with E-state index in [-0.39, 0.29) is 5.57 Å². The topological polar surface area (TPSA) is 77.4 Å². The number of carboxylic acids is 2. The average molecular weight is 303 g/mol. The molecule has 0 unspecified atom stereocenters. The van der Waals surface area contributed by atoms with Gasteiger partial charge in [-0.2, -0.15) is 0 Å². The first-order valence-corrected chi connectivity index (χ1v) is 6.80. The molecular weight excluding hydrogens is 280 g/mol. The van der Waals surface area contributed by atoms with E-state index < -0.39 is 11.9 Å². The zero-order chi connectivity index (χ0) is 17.4. The van der Waals surface area contributed by atoms with Gasteiger partial charge < -0.3 is 15.0 Å². The number of carboxylic acid groups (broad SMARTS) is 2. The van der Waals surface area contributed by atoms with Crippen LogP contribution in [-0.4, -0.2) is 17.0 Å². The van der Waals surface area contributed by atoms with Crippen LogP contribution in [0.5, 0.6) is 0 Å². The first kappa shape index (κ1) is 21.7. The van der Waals surface area contributed by atoms with Gasteiger partial charge in [-0.25, -0.2) is 4.79 Å². The fourth-order valence-electron chi connectivity index (χ4n) is 1.08. The Hall–Kier alpha value is -2.62. The lowest BCUT2D eigenvalue weighted by molar-refractivity contribution is -0.299. The number of unbranched alkanes of at least 4 members (excludes halogenated alkanes) is 1. The summed E-state index contributed by atoms with van der Waals surface area (Å²) < 4.78 is 0. The van der Waals surface area contributed by atoms with E-state index in [0.717, 1.165) is 18.9 Å². The summed E-state index contributed by atoms with van der Waals surface area (Å²) in [5, 5.41) is 17.6. The highest BCUT2D eigenvalue weighted by atomic mass is 16.4. The Labute approximate surface area is 132 Å². The van der Waals surface area contributed by atoms with Gasteiger partial charge in [0, 0.05) is 6.08 Å². The van der Waals surface area contributed by atoms with E-state index in [4.69, 9.17) is 5.11 Å². The van der Waals surface area contributed by atoms with E-state index in [0.29, 0.717) is 6.42 Å². The quantitative estimate of drug-likeness (QED) is 0.819. The van der Waals surface area contributed by atoms with Gasteiger partial charge in [0.05, 0.1) is 5.97 Å². The van der Waals surface area contributed by atoms with Crippen molar-refractivity contribution < 1.29 is 19.8 Å². The molecule has 0 aliphatic heterocycles. The summed E-state index contributed by atoms with van der Waals surface area (Å²) in [4.78, 5) is 19.2. The van der Waals surface area contributed by atoms with Gasteiger partial charge >= 0.3 is 5.97 Å². The zero-order valence-corrected chi connectivity index (χ0v) is 13.0. The third kappa shape index (κ3) is 15.4. The molecule has 0 saturated heterocycles. The lowest BCUT2D eigenvalue weighted by Gasteiger charge is -2.03. The smallest absolute Gasteiger partial charge is 0.327 e. The van der Waals surface area contributed by atoms with E-state index in [9.17, 15) is 14.7 Å². The molecule has 0 saturated carbocycles. The Balaban J connectivity index is 0. The van der Waals surface area contributed by atoms with Crippen molar-refractivity contribution in [2.24, 2.45) is 0 Å². The predicted octanol–water partition coefficient (Wildman–Crippen LogP) is 3.07. The molecule has 0 radical (unpaired) electrons. The molecule has 0 fully saturated rings. The highest BCUT2D eigenvalue weighted by Gasteiger charge is 1.91. The van der Waals surface area contributed by atoms with E-state index >= 15 is 0 Å². The summed E-state index contributed by atoms with van der Waals surface area (Å²) in [7, 11) is 0. The molecule has 4 heteroatoms. The van der Waals surface area contributed by atoms with E-state index in [1.807, 2.05) is 43.3 Å². The zero-order valence-electron chi connectivity index (χ0n) is 13.0. The van der Waals surface area contributed by atoms with Crippen LogP contribution in [-0.2, 0) is 9.59 Å². The van der Waals surface area contributed by atoms with Crippen molar-refractivity contribution in [3.8, 4) is 0 Å². The molecule has 1 N–H and O–H groups in total. The normalized spacial score (nSPS) is 8.23. The summed E-state index contributed by atoms with van der Waals surface area (Å²) >= 11 is 0. The van der Waals surface area contributed by atoms with Crippen LogP contribution in [0, 0.1) is 0 Å². The summed E-state index contributed by atoms with van der Waals surface area (Å²) in [6.07, 6.45) is 5.10. The molecule has 1 aromatic carbocycles. The van der Waals surface area contributed by atoms with Crippen molar-refractivity contribution in [2.75, 3.05) is 0 Å². The van der Waals surface area contributed by atoms with Crippen molar-refractivity contribution in [2.45, 2.75) is 26.2 Å². The molecule has 0 heterocycles. The Morgan fingerprint density at radius 2 is 1.73 bits per heavy atom. The van der Waals surface area contributed by atoms with Crippen LogP contribution < -0.4 is 5.11 Å². The van der Waals surface area contributed by atoms with Crippen LogP contribution >= 0.6 is 0 Å². The monoisotopic (exact) mass is 303 g/mol. The number of rotatable bonds is 6. The van der Waals surface area contributed by atoms with Crippen LogP contribution in [0.2, 0.25) is 0 Å². The molecule has 1 aromatic rings. The van der Waals surface area contributed by atoms with E-state index in [1.165, 1.54) is 5.56 Å². The van der Waals surface area contributed by atoms with Crippen molar-refractivity contribution in [3.05, 3.63) is 67.3 Å². The second-order valence-electron chi connectivity index (χ2n) is 4.15. The van der Waals surface area contributed by atoms with Gasteiger partial charge in [0.2, 0.25) is 0 Å². The SMILES string of the molecule is C=C(CCCC)C(=O)[O-].C=CC(=O)O.C=Cc1ccccc1. The first-order valence-electron chi connectivity index (χ1n) is 6.80. The van der Waals surface area contributed by atoms with Gasteiger partial charge in [-0.15, -0.1) is 0 Å². The molecule has 22 heavy (non-hydrogen) atoms. The number of hydrogen-bond donors (Lipinski definition) is 1. The third-order valence-corrected chi connectivity index (χ3v) is 2.33. The van der Waals surface area contributed by atoms with Gasteiger partial charge in [-0.05, 0) is 24.0 Å². The number of carbonyl (C=O) groups excluding carboxylic acids is 1. The van der Waals surface area contributed by atoms with Crippen molar-refractivity contribution in [1.82, 2.24) is 0 Å². The molecule has 0 spiro atoms. The van der Waals surface area contributed by atoms with Gasteiger partial charge in [-0.1, -0.05) is 69.5 Å². The number of carbonyl (C=O) groups is 2. The van der Waals surface area contributed by atoms with Gasteiger partial charge in [0.25, 0.3) is 0 Å². The maximum absolute atomic E-state index is 9.99. The highest BCUT2D eigenvalue weighted by Crippen LogP contribution is 2.02. The average Bonchev–Trinajstić information content (AvgIpc) is 2.54. The fourth-order valence-corrected chi connectivity index (χ4v) is 1.08. The van der Waals surface area contributed by atoms with Crippen molar-refractivity contribution in [1.29, 1.82) is 0 Å². The summed E-state index contributed by atoms with van der Waals surface area (Å²) in [5.74, 6) is -2.10. The Bertz CT molecular complexity index is 475. The van der Waals surface area contributed by atoms with Crippen LogP contribution in [0.3, 0.4) is 0 Å². The lowest BCUT2D eigenvalue weighted by atomic mass is 10.1. The minimum atomic E-state index is -1.12. The Morgan fingerprint density at radius 3 is 2.00 bits per heavy atom. The summed E-state index contributed by atoms with van der Waals surface area (Å²) in [5.41, 5.74) is 1.38. The largest absolute Gasteiger partial charge is 0.545 e. The van der Waals surface area contributed by atoms with Crippen LogP contribution in [0.25, 0.3) is 6.08 Å². The van der Waals surface area contributed by atoms with Crippen molar-refractivity contribution >= 4 is 18.0 Å². The van der Waals surface area contributed by atoms with Crippen LogP contribution in [0.1, 0.15) is 31.7 Å². The summed E-state index contributed by atoms with van der Waals surface area (Å²) in [6, 6.07) is 10.0. The molecular formula is C18H23O4-. The van der Waals surface area contributed by atoms with Gasteiger partial charge in [-0.3, -0.25) is 0 Å². The second-order valence-corrected chi connectivity index (χ2v) is 4.15. The van der Waals surface area contributed by atoms with Crippen molar-refractivity contribution in [3.63, 3.8) is 0 Å². The Kier molecular flexibility index (Phi) is 14.6. The van der Waals surface area contributed by atoms with E-state index in [1.54, 1.807) is 0 Å². The minimum absolute atomic E-state index is 0.205. The maximum atomic E-state index is 9.99. The van der Waals surface area contributed by atoms with Crippen LogP contribution in [0.15, 0.2) is 61.7 Å². The third-order valence-electron chi connectivity index (χ3n) is 2.33. The molecule has 0 aliphatic carbocycles. The molecule has 0 aromatic heterocycles. The Morgan fingerprint density at radius 1 is 1.23 bits per heavy atom. The molecule has 0 aliphatic rings. The second kappa shape index (κ2) is 14.8. The number of hydrogen-bond acceptors (Lipinski definition) is 3. The summed E-state index contributed by atoms with van der Waals surface area (Å²) in [6.45, 7) is 11.9. The first-order chi connectivity index (χ1) is 10.4. The molecule has 0 atom stereocenters. The molecule has 0 amide bonds. The maximum Gasteiger partial charge on any atom is 0.327 e. The number of benzene rings is 1. The highest BCUT2D eigenvalue weighted by molar-refractivity contribution is 5.83.